The lowest BCUT2D eigenvalue weighted by Gasteiger charge is -2.19. The molecule has 0 aliphatic heterocycles. The fraction of sp³-hybridized carbons (Fsp3) is 0.300. The summed E-state index contributed by atoms with van der Waals surface area (Å²) in [6, 6.07) is 12.7. The van der Waals surface area contributed by atoms with Gasteiger partial charge in [0.1, 0.15) is 5.75 Å². The van der Waals surface area contributed by atoms with Crippen molar-refractivity contribution in [2.45, 2.75) is 19.3 Å². The van der Waals surface area contributed by atoms with Crippen LogP contribution < -0.4 is 24.6 Å². The molecule has 3 aromatic rings. The van der Waals surface area contributed by atoms with E-state index < -0.39 is 5.92 Å². The molecule has 0 spiro atoms. The summed E-state index contributed by atoms with van der Waals surface area (Å²) in [5, 5.41) is 17.7. The van der Waals surface area contributed by atoms with Gasteiger partial charge in [0.2, 0.25) is 5.91 Å². The average molecular weight is 396 g/mol. The fourth-order valence-corrected chi connectivity index (χ4v) is 2.99. The van der Waals surface area contributed by atoms with Crippen molar-refractivity contribution in [2.75, 3.05) is 26.1 Å². The Labute approximate surface area is 168 Å². The zero-order valence-corrected chi connectivity index (χ0v) is 16.5. The van der Waals surface area contributed by atoms with E-state index in [1.165, 1.54) is 0 Å². The Balaban J connectivity index is 1.87. The molecule has 2 aromatic carbocycles. The van der Waals surface area contributed by atoms with E-state index in [1.54, 1.807) is 32.4 Å². The van der Waals surface area contributed by atoms with Gasteiger partial charge in [-0.15, -0.1) is 0 Å². The number of hydrogen-bond donors (Lipinski definition) is 1. The zero-order chi connectivity index (χ0) is 20.6. The minimum absolute atomic E-state index is 0.230. The second kappa shape index (κ2) is 9.54. The highest BCUT2D eigenvalue weighted by Gasteiger charge is 2.24. The van der Waals surface area contributed by atoms with Crippen molar-refractivity contribution >= 4 is 11.6 Å². The summed E-state index contributed by atoms with van der Waals surface area (Å²) in [5.74, 6) is 1.02. The first-order valence-electron chi connectivity index (χ1n) is 9.08. The minimum atomic E-state index is -0.721. The van der Waals surface area contributed by atoms with Crippen LogP contribution in [0.1, 0.15) is 24.2 Å². The van der Waals surface area contributed by atoms with Crippen LogP contribution in [-0.4, -0.2) is 42.3 Å². The summed E-state index contributed by atoms with van der Waals surface area (Å²) in [6.45, 7) is 2.43. The number of methoxy groups -OCH3 is 2. The highest BCUT2D eigenvalue weighted by molar-refractivity contribution is 5.95. The number of carbonyl (C=O) groups is 1. The number of anilines is 1. The number of amides is 1. The standard InChI is InChI=1S/C20H23N5O4/c1-4-29-15-9-6-8-14(12-15)21-20(26)16(19-22-24-25-23-19)11-13-7-5-10-17(27-2)18(13)28-3/h5-10,12,16H,4,11H2,1-3H3,(H2,21,22,23,24,25,26)/p-1/t16-/m0/s1. The van der Waals surface area contributed by atoms with Crippen molar-refractivity contribution in [2.24, 2.45) is 0 Å². The van der Waals surface area contributed by atoms with E-state index in [0.717, 1.165) is 5.56 Å². The van der Waals surface area contributed by atoms with Crippen LogP contribution in [0, 0.1) is 0 Å². The molecular weight excluding hydrogens is 374 g/mol. The molecule has 0 saturated carbocycles. The number of nitrogens with zero attached hydrogens (tertiary/aromatic N) is 4. The first-order chi connectivity index (χ1) is 14.2. The molecule has 0 fully saturated rings. The molecule has 0 radical (unpaired) electrons. The van der Waals surface area contributed by atoms with Crippen molar-refractivity contribution in [3.8, 4) is 17.2 Å². The number of benzene rings is 2. The molecule has 0 bridgehead atoms. The molecule has 29 heavy (non-hydrogen) atoms. The van der Waals surface area contributed by atoms with Crippen molar-refractivity contribution in [1.29, 1.82) is 0 Å². The number of hydrogen-bond acceptors (Lipinski definition) is 7. The van der Waals surface area contributed by atoms with Gasteiger partial charge in [-0.05, 0) is 37.1 Å². The molecule has 3 rings (SSSR count). The van der Waals surface area contributed by atoms with Crippen molar-refractivity contribution < 1.29 is 19.0 Å². The topological polar surface area (TPSA) is 110 Å². The molecule has 9 nitrogen and oxygen atoms in total. The number of carbonyl (C=O) groups excluding carboxylic acids is 1. The molecule has 1 amide bonds. The number of ether oxygens (including phenoxy) is 3. The molecule has 9 heteroatoms. The second-order valence-electron chi connectivity index (χ2n) is 6.10. The van der Waals surface area contributed by atoms with Gasteiger partial charge >= 0.3 is 0 Å². The molecule has 152 valence electrons. The van der Waals surface area contributed by atoms with Crippen LogP contribution in [0.3, 0.4) is 0 Å². The summed E-state index contributed by atoms with van der Waals surface area (Å²) in [5.41, 5.74) is 1.39. The molecule has 1 aromatic heterocycles. The Bertz CT molecular complexity index is 946. The largest absolute Gasteiger partial charge is 0.494 e. The van der Waals surface area contributed by atoms with Crippen LogP contribution >= 0.6 is 0 Å². The minimum Gasteiger partial charge on any atom is -0.494 e. The van der Waals surface area contributed by atoms with Crippen LogP contribution in [0.5, 0.6) is 17.2 Å². The van der Waals surface area contributed by atoms with Gasteiger partial charge in [0.25, 0.3) is 0 Å². The third-order valence-electron chi connectivity index (χ3n) is 4.28. The Kier molecular flexibility index (Phi) is 6.62. The Morgan fingerprint density at radius 2 is 2.00 bits per heavy atom. The third-order valence-corrected chi connectivity index (χ3v) is 4.28. The third kappa shape index (κ3) is 4.81. The predicted octanol–water partition coefficient (Wildman–Crippen LogP) is 2.21. The number of rotatable bonds is 9. The van der Waals surface area contributed by atoms with Crippen LogP contribution in [0.2, 0.25) is 0 Å². The monoisotopic (exact) mass is 396 g/mol. The lowest BCUT2D eigenvalue weighted by atomic mass is 9.96. The van der Waals surface area contributed by atoms with E-state index >= 15 is 0 Å². The van der Waals surface area contributed by atoms with E-state index in [9.17, 15) is 4.79 Å². The highest BCUT2D eigenvalue weighted by atomic mass is 16.5. The molecule has 0 saturated heterocycles. The Hall–Kier alpha value is -3.62. The summed E-state index contributed by atoms with van der Waals surface area (Å²) < 4.78 is 16.3. The van der Waals surface area contributed by atoms with Crippen LogP contribution in [-0.2, 0) is 11.2 Å². The van der Waals surface area contributed by atoms with E-state index in [0.29, 0.717) is 29.5 Å². The summed E-state index contributed by atoms with van der Waals surface area (Å²) >= 11 is 0. The highest BCUT2D eigenvalue weighted by Crippen LogP contribution is 2.34. The smallest absolute Gasteiger partial charge is 0.232 e. The molecule has 1 heterocycles. The Morgan fingerprint density at radius 3 is 2.69 bits per heavy atom. The lowest BCUT2D eigenvalue weighted by molar-refractivity contribution is -0.117. The molecule has 1 N–H and O–H groups in total. The van der Waals surface area contributed by atoms with Crippen LogP contribution in [0.25, 0.3) is 0 Å². The van der Waals surface area contributed by atoms with Crippen LogP contribution in [0.15, 0.2) is 42.5 Å². The van der Waals surface area contributed by atoms with Gasteiger partial charge in [0, 0.05) is 17.6 Å². The summed E-state index contributed by atoms with van der Waals surface area (Å²) in [7, 11) is 3.11. The van der Waals surface area contributed by atoms with E-state index in [2.05, 4.69) is 25.9 Å². The van der Waals surface area contributed by atoms with Crippen molar-refractivity contribution in [3.63, 3.8) is 0 Å². The Morgan fingerprint density at radius 1 is 1.17 bits per heavy atom. The maximum Gasteiger partial charge on any atom is 0.232 e. The lowest BCUT2D eigenvalue weighted by Crippen LogP contribution is -2.24. The zero-order valence-electron chi connectivity index (χ0n) is 16.5. The van der Waals surface area contributed by atoms with Gasteiger partial charge in [-0.25, -0.2) is 0 Å². The van der Waals surface area contributed by atoms with Gasteiger partial charge in [-0.3, -0.25) is 15.1 Å². The molecule has 0 unspecified atom stereocenters. The SMILES string of the molecule is CCOc1cccc(NC(=O)[C@@H](Cc2cccc(OC)c2OC)c2nnn[n-]2)c1. The molecule has 1 atom stereocenters. The van der Waals surface area contributed by atoms with Gasteiger partial charge in [-0.1, -0.05) is 18.2 Å². The average Bonchev–Trinajstić information content (AvgIpc) is 3.26. The van der Waals surface area contributed by atoms with Crippen molar-refractivity contribution in [1.82, 2.24) is 20.6 Å². The maximum atomic E-state index is 13.1. The molecule has 0 aliphatic carbocycles. The predicted molar refractivity (Wildman–Crippen MR) is 105 cm³/mol. The summed E-state index contributed by atoms with van der Waals surface area (Å²) in [4.78, 5) is 13.1. The normalized spacial score (nSPS) is 11.6. The first kappa shape index (κ1) is 20.1. The number of para-hydroxylation sites is 1. The molecule has 0 aliphatic rings. The van der Waals surface area contributed by atoms with Gasteiger partial charge in [0.15, 0.2) is 11.5 Å². The van der Waals surface area contributed by atoms with Gasteiger partial charge < -0.3 is 24.6 Å². The number of aromatic nitrogens is 4. The van der Waals surface area contributed by atoms with E-state index in [1.807, 2.05) is 31.2 Å². The number of tetrazole rings is 1. The van der Waals surface area contributed by atoms with Crippen LogP contribution in [0.4, 0.5) is 5.69 Å². The summed E-state index contributed by atoms with van der Waals surface area (Å²) in [6.07, 6.45) is 0.282. The molecular formula is C20H22N5O4-. The maximum absolute atomic E-state index is 13.1. The van der Waals surface area contributed by atoms with Gasteiger partial charge in [0.05, 0.1) is 26.7 Å². The first-order valence-corrected chi connectivity index (χ1v) is 9.08. The van der Waals surface area contributed by atoms with E-state index in [-0.39, 0.29) is 18.2 Å². The number of nitrogens with one attached hydrogen (secondary N) is 1. The van der Waals surface area contributed by atoms with E-state index in [4.69, 9.17) is 14.2 Å². The van der Waals surface area contributed by atoms with Gasteiger partial charge in [-0.2, -0.15) is 5.21 Å². The van der Waals surface area contributed by atoms with Crippen molar-refractivity contribution in [3.05, 3.63) is 53.9 Å². The fourth-order valence-electron chi connectivity index (χ4n) is 2.99. The second-order valence-corrected chi connectivity index (χ2v) is 6.10. The quantitative estimate of drug-likeness (QED) is 0.586.